The van der Waals surface area contributed by atoms with Crippen LogP contribution >= 0.6 is 0 Å². The Morgan fingerprint density at radius 2 is 1.63 bits per heavy atom. The van der Waals surface area contributed by atoms with Gasteiger partial charge in [0.05, 0.1) is 17.9 Å². The minimum absolute atomic E-state index is 0.0110. The normalized spacial score (nSPS) is 18.0. The van der Waals surface area contributed by atoms with Gasteiger partial charge in [0, 0.05) is 56.1 Å². The molecule has 1 aromatic heterocycles. The number of carbonyl (C=O) groups is 3. The van der Waals surface area contributed by atoms with Crippen LogP contribution in [-0.4, -0.2) is 57.2 Å². The molecule has 3 aromatic rings. The van der Waals surface area contributed by atoms with Gasteiger partial charge >= 0.3 is 0 Å². The summed E-state index contributed by atoms with van der Waals surface area (Å²) in [5, 5.41) is 12.2. The predicted octanol–water partition coefficient (Wildman–Crippen LogP) is 5.36. The lowest BCUT2D eigenvalue weighted by atomic mass is 9.65. The molecular weight excluding hydrogens is 540 g/mol. The Morgan fingerprint density at radius 1 is 0.953 bits per heavy atom. The van der Waals surface area contributed by atoms with Crippen LogP contribution in [0.3, 0.4) is 0 Å². The fourth-order valence-electron chi connectivity index (χ4n) is 7.22. The quantitative estimate of drug-likeness (QED) is 0.436. The van der Waals surface area contributed by atoms with Gasteiger partial charge in [-0.25, -0.2) is 4.68 Å². The first-order valence-electron chi connectivity index (χ1n) is 15.7. The zero-order chi connectivity index (χ0) is 30.1. The van der Waals surface area contributed by atoms with Gasteiger partial charge in [0.2, 0.25) is 17.7 Å². The van der Waals surface area contributed by atoms with Crippen LogP contribution in [-0.2, 0) is 20.9 Å². The number of para-hydroxylation sites is 1. The Bertz CT molecular complexity index is 1510. The highest BCUT2D eigenvalue weighted by atomic mass is 16.2. The van der Waals surface area contributed by atoms with Gasteiger partial charge in [-0.1, -0.05) is 47.7 Å². The second-order valence-corrected chi connectivity index (χ2v) is 12.8. The maximum absolute atomic E-state index is 13.8. The Hall–Kier alpha value is -4.01. The van der Waals surface area contributed by atoms with E-state index in [0.29, 0.717) is 13.1 Å². The van der Waals surface area contributed by atoms with E-state index in [2.05, 4.69) is 29.5 Å². The van der Waals surface area contributed by atoms with Crippen molar-refractivity contribution in [1.82, 2.24) is 25.2 Å². The number of rotatable bonds is 5. The minimum Gasteiger partial charge on any atom is -0.355 e. The van der Waals surface area contributed by atoms with Crippen LogP contribution < -0.4 is 10.2 Å². The molecular formula is C34H42N6O3. The fourth-order valence-corrected chi connectivity index (χ4v) is 7.22. The lowest BCUT2D eigenvalue weighted by Gasteiger charge is -2.45. The van der Waals surface area contributed by atoms with E-state index in [0.717, 1.165) is 85.4 Å². The molecule has 0 bridgehead atoms. The van der Waals surface area contributed by atoms with E-state index in [4.69, 9.17) is 0 Å². The number of benzene rings is 2. The zero-order valence-corrected chi connectivity index (χ0v) is 25.5. The van der Waals surface area contributed by atoms with Crippen LogP contribution in [0.25, 0.3) is 22.5 Å². The second kappa shape index (κ2) is 11.9. The number of amides is 3. The van der Waals surface area contributed by atoms with E-state index < -0.39 is 0 Å². The van der Waals surface area contributed by atoms with Gasteiger partial charge < -0.3 is 15.1 Å². The summed E-state index contributed by atoms with van der Waals surface area (Å²) >= 11 is 0. The Labute approximate surface area is 253 Å². The van der Waals surface area contributed by atoms with Gasteiger partial charge in [0.25, 0.3) is 0 Å². The number of fused-ring (bicyclic) bond motifs is 5. The number of hydrogen-bond acceptors (Lipinski definition) is 5. The number of carbonyl (C=O) groups excluding carboxylic acids is 3. The van der Waals surface area contributed by atoms with Crippen LogP contribution in [0, 0.1) is 11.3 Å². The van der Waals surface area contributed by atoms with Crippen molar-refractivity contribution in [2.45, 2.75) is 78.3 Å². The summed E-state index contributed by atoms with van der Waals surface area (Å²) in [5.41, 5.74) is 5.75. The molecule has 9 heteroatoms. The first kappa shape index (κ1) is 29.1. The number of piperidine rings is 1. The zero-order valence-electron chi connectivity index (χ0n) is 25.5. The van der Waals surface area contributed by atoms with Crippen LogP contribution in [0.4, 0.5) is 5.69 Å². The summed E-state index contributed by atoms with van der Waals surface area (Å²) < 4.78 is 1.93. The largest absolute Gasteiger partial charge is 0.355 e. The monoisotopic (exact) mass is 582 g/mol. The third-order valence-electron chi connectivity index (χ3n) is 9.86. The first-order chi connectivity index (χ1) is 20.8. The fraction of sp³-hybridized carbons (Fsp3) is 0.500. The Morgan fingerprint density at radius 3 is 2.33 bits per heavy atom. The van der Waals surface area contributed by atoms with Crippen molar-refractivity contribution in [3.05, 3.63) is 54.1 Å². The highest BCUT2D eigenvalue weighted by Gasteiger charge is 2.40. The average molecular weight is 583 g/mol. The molecule has 0 unspecified atom stereocenters. The minimum atomic E-state index is -0.0330. The maximum atomic E-state index is 13.8. The van der Waals surface area contributed by atoms with E-state index in [1.54, 1.807) is 6.92 Å². The molecule has 0 atom stereocenters. The number of anilines is 1. The number of nitrogens with zero attached hydrogens (tertiary/aromatic N) is 5. The highest BCUT2D eigenvalue weighted by Crippen LogP contribution is 2.46. The summed E-state index contributed by atoms with van der Waals surface area (Å²) in [6, 6.07) is 16.1. The molecule has 2 fully saturated rings. The topological polar surface area (TPSA) is 100 Å². The van der Waals surface area contributed by atoms with Crippen molar-refractivity contribution in [2.75, 3.05) is 24.5 Å². The highest BCUT2D eigenvalue weighted by molar-refractivity contribution is 6.00. The molecule has 1 spiro atoms. The SMILES string of the molecule is CC(=O)N1CCC2(CCC(C(=O)NCCC(=O)N3Cc4ccccc4-c4nnn(C(C)C)c4-c4ccccc43)CC2)CC1. The van der Waals surface area contributed by atoms with E-state index in [9.17, 15) is 14.4 Å². The van der Waals surface area contributed by atoms with Crippen molar-refractivity contribution < 1.29 is 14.4 Å². The van der Waals surface area contributed by atoms with Crippen LogP contribution in [0.15, 0.2) is 48.5 Å². The lowest BCUT2D eigenvalue weighted by Crippen LogP contribution is -2.45. The first-order valence-corrected chi connectivity index (χ1v) is 15.7. The number of likely N-dealkylation sites (tertiary alicyclic amines) is 1. The van der Waals surface area contributed by atoms with Gasteiger partial charge in [-0.2, -0.15) is 0 Å². The van der Waals surface area contributed by atoms with E-state index in [1.807, 2.05) is 63.0 Å². The summed E-state index contributed by atoms with van der Waals surface area (Å²) in [6.45, 7) is 8.19. The van der Waals surface area contributed by atoms with Crippen LogP contribution in [0.2, 0.25) is 0 Å². The van der Waals surface area contributed by atoms with E-state index in [-0.39, 0.29) is 41.5 Å². The van der Waals surface area contributed by atoms with Gasteiger partial charge in [-0.3, -0.25) is 14.4 Å². The van der Waals surface area contributed by atoms with Crippen molar-refractivity contribution in [1.29, 1.82) is 0 Å². The molecule has 226 valence electrons. The van der Waals surface area contributed by atoms with E-state index in [1.165, 1.54) is 0 Å². The maximum Gasteiger partial charge on any atom is 0.229 e. The van der Waals surface area contributed by atoms with Crippen molar-refractivity contribution >= 4 is 23.4 Å². The molecule has 6 rings (SSSR count). The van der Waals surface area contributed by atoms with Crippen molar-refractivity contribution in [3.63, 3.8) is 0 Å². The molecule has 2 aliphatic heterocycles. The summed E-state index contributed by atoms with van der Waals surface area (Å²) in [7, 11) is 0. The van der Waals surface area contributed by atoms with Gasteiger partial charge in [-0.15, -0.1) is 5.10 Å². The number of aromatic nitrogens is 3. The molecule has 2 aromatic carbocycles. The molecule has 43 heavy (non-hydrogen) atoms. The van der Waals surface area contributed by atoms with Gasteiger partial charge in [0.15, 0.2) is 0 Å². The third kappa shape index (κ3) is 5.69. The second-order valence-electron chi connectivity index (χ2n) is 12.8. The summed E-state index contributed by atoms with van der Waals surface area (Å²) in [5.74, 6) is 0.168. The summed E-state index contributed by atoms with van der Waals surface area (Å²) in [4.78, 5) is 42.5. The molecule has 1 N–H and O–H groups in total. The molecule has 1 saturated heterocycles. The van der Waals surface area contributed by atoms with Crippen molar-refractivity contribution in [2.24, 2.45) is 11.3 Å². The molecule has 1 saturated carbocycles. The van der Waals surface area contributed by atoms with Crippen LogP contribution in [0.1, 0.15) is 77.3 Å². The smallest absolute Gasteiger partial charge is 0.229 e. The standard InChI is InChI=1S/C34H42N6O3/c1-23(2)40-32-28-10-6-7-11-29(28)39(22-26-8-4-5-9-27(26)31(32)36-37-40)30(42)14-19-35-33(43)25-12-15-34(16-13-25)17-20-38(21-18-34)24(3)41/h4-11,23,25H,12-22H2,1-3H3,(H,35,43). The van der Waals surface area contributed by atoms with Gasteiger partial charge in [0.1, 0.15) is 5.69 Å². The molecule has 0 radical (unpaired) electrons. The number of hydrogen-bond donors (Lipinski definition) is 1. The predicted molar refractivity (Wildman–Crippen MR) is 166 cm³/mol. The Kier molecular flexibility index (Phi) is 8.07. The molecule has 3 heterocycles. The lowest BCUT2D eigenvalue weighted by molar-refractivity contribution is -0.132. The number of nitrogens with one attached hydrogen (secondary N) is 1. The Balaban J connectivity index is 1.13. The van der Waals surface area contributed by atoms with Gasteiger partial charge in [-0.05, 0) is 69.4 Å². The molecule has 1 aliphatic carbocycles. The third-order valence-corrected chi connectivity index (χ3v) is 9.86. The average Bonchev–Trinajstić information content (AvgIpc) is 3.45. The van der Waals surface area contributed by atoms with Crippen molar-refractivity contribution in [3.8, 4) is 22.5 Å². The molecule has 9 nitrogen and oxygen atoms in total. The van der Waals surface area contributed by atoms with E-state index >= 15 is 0 Å². The molecule has 3 aliphatic rings. The van der Waals surface area contributed by atoms with Crippen LogP contribution in [0.5, 0.6) is 0 Å². The summed E-state index contributed by atoms with van der Waals surface area (Å²) in [6.07, 6.45) is 6.09. The molecule has 3 amide bonds.